The Labute approximate surface area is 228 Å². The van der Waals surface area contributed by atoms with Gasteiger partial charge in [0.1, 0.15) is 0 Å². The third-order valence-corrected chi connectivity index (χ3v) is 12.3. The zero-order valence-electron chi connectivity index (χ0n) is 24.0. The van der Waals surface area contributed by atoms with E-state index in [1.54, 1.807) is 0 Å². The van der Waals surface area contributed by atoms with Gasteiger partial charge >= 0.3 is 35.0 Å². The van der Waals surface area contributed by atoms with Gasteiger partial charge in [-0.1, -0.05) is 148 Å². The van der Waals surface area contributed by atoms with E-state index in [2.05, 4.69) is 146 Å². The van der Waals surface area contributed by atoms with Crippen LogP contribution in [0.4, 0.5) is 0 Å². The van der Waals surface area contributed by atoms with Gasteiger partial charge < -0.3 is 0 Å². The van der Waals surface area contributed by atoms with E-state index < -0.39 is 0 Å². The van der Waals surface area contributed by atoms with Gasteiger partial charge in [0.05, 0.1) is 0 Å². The Morgan fingerprint density at radius 1 is 0.515 bits per heavy atom. The van der Waals surface area contributed by atoms with Crippen LogP contribution < -0.4 is 0 Å². The summed E-state index contributed by atoms with van der Waals surface area (Å²) < 4.78 is 0. The fourth-order valence-electron chi connectivity index (χ4n) is 3.82. The summed E-state index contributed by atoms with van der Waals surface area (Å²) in [5.74, 6) is 0. The molecule has 0 aliphatic heterocycles. The van der Waals surface area contributed by atoms with E-state index in [0.29, 0.717) is 20.6 Å². The summed E-state index contributed by atoms with van der Waals surface area (Å²) in [5, 5.41) is 1.75. The van der Waals surface area contributed by atoms with E-state index in [1.807, 2.05) is 0 Å². The van der Waals surface area contributed by atoms with Gasteiger partial charge in [0.2, 0.25) is 0 Å². The predicted octanol–water partition coefficient (Wildman–Crippen LogP) is 11.8. The molecule has 0 bridgehead atoms. The Bertz CT molecular complexity index is 501. The van der Waals surface area contributed by atoms with Crippen molar-refractivity contribution >= 4 is 34.9 Å². The average molecular weight is 630 g/mol. The predicted molar refractivity (Wildman–Crippen MR) is 162 cm³/mol. The fraction of sp³-hybridized carbons (Fsp3) is 0.714. The summed E-state index contributed by atoms with van der Waals surface area (Å²) in [5.41, 5.74) is 0. The van der Waals surface area contributed by atoms with Crippen molar-refractivity contribution in [2.75, 3.05) is 12.3 Å². The molecule has 0 saturated heterocycles. The molecule has 0 aromatic carbocycles. The minimum atomic E-state index is -0.106. The molecule has 0 aliphatic carbocycles. The van der Waals surface area contributed by atoms with Crippen LogP contribution in [-0.4, -0.2) is 32.9 Å². The molecule has 33 heavy (non-hydrogen) atoms. The molecule has 0 N–H and O–H groups in total. The van der Waals surface area contributed by atoms with Crippen LogP contribution in [0.25, 0.3) is 0 Å². The van der Waals surface area contributed by atoms with Gasteiger partial charge in [0.15, 0.2) is 0 Å². The average Bonchev–Trinajstić information content (AvgIpc) is 2.58. The topological polar surface area (TPSA) is 0 Å². The van der Waals surface area contributed by atoms with Crippen LogP contribution in [-0.2, 0) is 15.9 Å². The molecule has 0 atom stereocenters. The van der Waals surface area contributed by atoms with E-state index in [9.17, 15) is 0 Å². The van der Waals surface area contributed by atoms with Gasteiger partial charge in [-0.05, 0) is 46.8 Å². The van der Waals surface area contributed by atoms with Crippen LogP contribution in [0.15, 0.2) is 48.6 Å². The third-order valence-electron chi connectivity index (χ3n) is 4.69. The number of hydrogen-bond acceptors (Lipinski definition) is 0. The van der Waals surface area contributed by atoms with Gasteiger partial charge in [-0.25, -0.2) is 0 Å². The minimum absolute atomic E-state index is 0.0199. The van der Waals surface area contributed by atoms with Crippen molar-refractivity contribution in [2.45, 2.75) is 118 Å². The molecular formula is C28H54Cl2P2Pd. The first-order chi connectivity index (χ1) is 14.8. The Morgan fingerprint density at radius 3 is 0.879 bits per heavy atom. The van der Waals surface area contributed by atoms with E-state index in [0.717, 1.165) is 0 Å². The van der Waals surface area contributed by atoms with E-state index in [-0.39, 0.29) is 31.8 Å². The van der Waals surface area contributed by atoms with E-state index in [1.165, 1.54) is 12.3 Å². The Balaban J connectivity index is -0.000000487. The Hall–Kier alpha value is 1.06. The molecule has 0 aliphatic rings. The molecule has 0 fully saturated rings. The maximum absolute atomic E-state index is 4.81. The van der Waals surface area contributed by atoms with Crippen LogP contribution in [0.1, 0.15) is 96.9 Å². The van der Waals surface area contributed by atoms with Crippen molar-refractivity contribution in [3.05, 3.63) is 48.6 Å². The van der Waals surface area contributed by atoms with Crippen LogP contribution in [0.3, 0.4) is 0 Å². The Morgan fingerprint density at radius 2 is 0.727 bits per heavy atom. The van der Waals surface area contributed by atoms with Gasteiger partial charge in [0.25, 0.3) is 0 Å². The van der Waals surface area contributed by atoms with Gasteiger partial charge in [-0.2, -0.15) is 0 Å². The van der Waals surface area contributed by atoms with E-state index in [4.69, 9.17) is 19.1 Å². The van der Waals surface area contributed by atoms with Crippen LogP contribution >= 0.6 is 34.9 Å². The normalized spacial score (nSPS) is 14.0. The molecule has 0 nitrogen and oxygen atoms in total. The summed E-state index contributed by atoms with van der Waals surface area (Å²) in [7, 11) is 9.67. The fourth-order valence-corrected chi connectivity index (χ4v) is 10.7. The van der Waals surface area contributed by atoms with E-state index >= 15 is 0 Å². The van der Waals surface area contributed by atoms with Crippen molar-refractivity contribution < 1.29 is 15.9 Å². The first kappa shape index (κ1) is 38.6. The first-order valence-corrected chi connectivity index (χ1v) is 18.8. The molecule has 0 heterocycles. The first-order valence-electron chi connectivity index (χ1n) is 11.7. The maximum atomic E-state index is 4.81. The molecule has 5 heteroatoms. The monoisotopic (exact) mass is 628 g/mol. The summed E-state index contributed by atoms with van der Waals surface area (Å²) in [6, 6.07) is 0. The molecule has 0 aromatic heterocycles. The van der Waals surface area contributed by atoms with Crippen molar-refractivity contribution in [3.8, 4) is 0 Å². The molecule has 0 unspecified atom stereocenters. The molecule has 0 saturated carbocycles. The quantitative estimate of drug-likeness (QED) is 0.156. The molecule has 0 rings (SSSR count). The third kappa shape index (κ3) is 23.2. The second-order valence-corrected chi connectivity index (χ2v) is 22.0. The summed E-state index contributed by atoms with van der Waals surface area (Å²) >= 11 is -0.106. The zero-order chi connectivity index (χ0) is 26.9. The van der Waals surface area contributed by atoms with Crippen molar-refractivity contribution in [2.24, 2.45) is 0 Å². The zero-order valence-corrected chi connectivity index (χ0v) is 28.9. The number of rotatable bonds is 6. The summed E-state index contributed by atoms with van der Waals surface area (Å²) in [6.07, 6.45) is 19.8. The van der Waals surface area contributed by atoms with Gasteiger partial charge in [-0.15, -0.1) is 0 Å². The number of allylic oxidation sites excluding steroid dienone is 8. The molecule has 0 amide bonds. The van der Waals surface area contributed by atoms with Gasteiger partial charge in [-0.3, -0.25) is 0 Å². The number of hydrogen-bond donors (Lipinski definition) is 0. The van der Waals surface area contributed by atoms with Crippen LogP contribution in [0, 0.1) is 0 Å². The molecule has 0 spiro atoms. The molecule has 0 aromatic rings. The molecule has 0 radical (unpaired) electrons. The Kier molecular flexibility index (Phi) is 22.5. The van der Waals surface area contributed by atoms with Crippen molar-refractivity contribution in [1.82, 2.24) is 0 Å². The molecule has 200 valence electrons. The van der Waals surface area contributed by atoms with Gasteiger partial charge in [0, 0.05) is 0 Å². The second-order valence-electron chi connectivity index (χ2n) is 11.9. The summed E-state index contributed by atoms with van der Waals surface area (Å²) in [4.78, 5) is 0. The van der Waals surface area contributed by atoms with Crippen LogP contribution in [0.5, 0.6) is 0 Å². The molecular weight excluding hydrogens is 576 g/mol. The SMILES string of the molecule is CC=CC=CCP(C(C)(C)C)C(C)(C)C.CC=CC=CCP(C(C)(C)C)C(C)(C)C.[Cl][Pd][Cl]. The van der Waals surface area contributed by atoms with Crippen molar-refractivity contribution in [3.63, 3.8) is 0 Å². The van der Waals surface area contributed by atoms with Crippen molar-refractivity contribution in [1.29, 1.82) is 0 Å². The number of halogens is 2. The second kappa shape index (κ2) is 19.2. The standard InChI is InChI=1S/2C14H27P.2ClH.Pd/c2*1-8-9-10-11-12-15(13(2,3)4)14(5,6)7;;;/h2*8-11H,12H2,1-7H3;2*1H;/q;;;;+2/p-2. The summed E-state index contributed by atoms with van der Waals surface area (Å²) in [6.45, 7) is 32.5. The van der Waals surface area contributed by atoms with Crippen LogP contribution in [0.2, 0.25) is 0 Å².